The van der Waals surface area contributed by atoms with Crippen LogP contribution < -0.4 is 5.32 Å². The summed E-state index contributed by atoms with van der Waals surface area (Å²) in [6.07, 6.45) is -0.693. The van der Waals surface area contributed by atoms with Crippen molar-refractivity contribution in [2.45, 2.75) is 6.10 Å². The Labute approximate surface area is 109 Å². The molecule has 1 unspecified atom stereocenters. The van der Waals surface area contributed by atoms with Crippen LogP contribution in [0.25, 0.3) is 0 Å². The van der Waals surface area contributed by atoms with E-state index in [9.17, 15) is 9.50 Å². The number of benzene rings is 1. The molecule has 0 aromatic heterocycles. The van der Waals surface area contributed by atoms with E-state index in [0.717, 1.165) is 0 Å². The maximum atomic E-state index is 13.4. The number of aliphatic hydroxyl groups is 1. The van der Waals surface area contributed by atoms with E-state index >= 15 is 0 Å². The molecule has 0 aliphatic heterocycles. The van der Waals surface area contributed by atoms with Gasteiger partial charge in [0.2, 0.25) is 0 Å². The second-order valence-electron chi connectivity index (χ2n) is 2.93. The fourth-order valence-corrected chi connectivity index (χ4v) is 2.41. The van der Waals surface area contributed by atoms with Crippen LogP contribution in [0.15, 0.2) is 21.1 Å². The SMILES string of the molecule is OC(CCl)CNc1c(F)cc(Br)cc1Br. The summed E-state index contributed by atoms with van der Waals surface area (Å²) in [5.74, 6) is -0.277. The van der Waals surface area contributed by atoms with E-state index in [0.29, 0.717) is 14.6 Å². The second kappa shape index (κ2) is 6.03. The largest absolute Gasteiger partial charge is 0.390 e. The van der Waals surface area contributed by atoms with E-state index in [2.05, 4.69) is 37.2 Å². The second-order valence-corrected chi connectivity index (χ2v) is 5.01. The van der Waals surface area contributed by atoms with Gasteiger partial charge in [-0.3, -0.25) is 0 Å². The van der Waals surface area contributed by atoms with Gasteiger partial charge in [-0.05, 0) is 28.1 Å². The third kappa shape index (κ3) is 3.90. The molecule has 1 aromatic carbocycles. The van der Waals surface area contributed by atoms with Crippen molar-refractivity contribution in [3.8, 4) is 0 Å². The molecular formula is C9H9Br2ClFNO. The number of anilines is 1. The highest BCUT2D eigenvalue weighted by Gasteiger charge is 2.09. The quantitative estimate of drug-likeness (QED) is 0.806. The standard InChI is InChI=1S/C9H9Br2ClFNO/c10-5-1-7(11)9(8(13)2-5)14-4-6(15)3-12/h1-2,6,14-15H,3-4H2. The van der Waals surface area contributed by atoms with Crippen molar-refractivity contribution in [1.29, 1.82) is 0 Å². The molecule has 1 aromatic rings. The first-order chi connectivity index (χ1) is 7.04. The first-order valence-electron chi connectivity index (χ1n) is 4.17. The van der Waals surface area contributed by atoms with Crippen molar-refractivity contribution >= 4 is 49.1 Å². The molecule has 0 amide bonds. The van der Waals surface area contributed by atoms with Crippen LogP contribution in [0.1, 0.15) is 0 Å². The maximum absolute atomic E-state index is 13.4. The minimum absolute atomic E-state index is 0.114. The first kappa shape index (κ1) is 13.2. The zero-order chi connectivity index (χ0) is 11.4. The molecule has 15 heavy (non-hydrogen) atoms. The Morgan fingerprint density at radius 2 is 2.13 bits per heavy atom. The zero-order valence-corrected chi connectivity index (χ0v) is 11.5. The number of aliphatic hydroxyl groups excluding tert-OH is 1. The van der Waals surface area contributed by atoms with Gasteiger partial charge in [0.25, 0.3) is 0 Å². The summed E-state index contributed by atoms with van der Waals surface area (Å²) in [6.45, 7) is 0.209. The lowest BCUT2D eigenvalue weighted by molar-refractivity contribution is 0.211. The molecule has 0 saturated heterocycles. The molecule has 1 atom stereocenters. The third-order valence-electron chi connectivity index (χ3n) is 1.70. The summed E-state index contributed by atoms with van der Waals surface area (Å²) < 4.78 is 14.7. The summed E-state index contributed by atoms with van der Waals surface area (Å²) in [7, 11) is 0. The topological polar surface area (TPSA) is 32.3 Å². The van der Waals surface area contributed by atoms with Gasteiger partial charge in [-0.2, -0.15) is 0 Å². The molecule has 1 rings (SSSR count). The van der Waals surface area contributed by atoms with Crippen LogP contribution in [0, 0.1) is 5.82 Å². The molecule has 0 bridgehead atoms. The molecule has 0 aliphatic carbocycles. The monoisotopic (exact) mass is 359 g/mol. The molecular weight excluding hydrogens is 352 g/mol. The highest BCUT2D eigenvalue weighted by molar-refractivity contribution is 9.11. The van der Waals surface area contributed by atoms with Crippen molar-refractivity contribution in [2.75, 3.05) is 17.7 Å². The van der Waals surface area contributed by atoms with Crippen LogP contribution in [0.5, 0.6) is 0 Å². The summed E-state index contributed by atoms with van der Waals surface area (Å²) in [5.41, 5.74) is 0.322. The minimum atomic E-state index is -0.693. The lowest BCUT2D eigenvalue weighted by atomic mass is 10.3. The maximum Gasteiger partial charge on any atom is 0.148 e. The van der Waals surface area contributed by atoms with E-state index in [1.807, 2.05) is 0 Å². The van der Waals surface area contributed by atoms with Gasteiger partial charge in [0, 0.05) is 15.5 Å². The number of alkyl halides is 1. The average Bonchev–Trinajstić information content (AvgIpc) is 2.15. The zero-order valence-electron chi connectivity index (χ0n) is 7.61. The first-order valence-corrected chi connectivity index (χ1v) is 6.29. The van der Waals surface area contributed by atoms with E-state index < -0.39 is 11.9 Å². The van der Waals surface area contributed by atoms with Crippen molar-refractivity contribution in [3.05, 3.63) is 26.9 Å². The molecule has 2 N–H and O–H groups in total. The van der Waals surface area contributed by atoms with Crippen LogP contribution >= 0.6 is 43.5 Å². The molecule has 6 heteroatoms. The molecule has 0 radical (unpaired) electrons. The molecule has 0 spiro atoms. The van der Waals surface area contributed by atoms with Gasteiger partial charge in [0.05, 0.1) is 17.7 Å². The number of halogens is 4. The number of rotatable bonds is 4. The van der Waals surface area contributed by atoms with E-state index in [-0.39, 0.29) is 12.4 Å². The Balaban J connectivity index is 2.77. The smallest absolute Gasteiger partial charge is 0.148 e. The Kier molecular flexibility index (Phi) is 5.32. The summed E-state index contributed by atoms with van der Waals surface area (Å²) in [4.78, 5) is 0. The van der Waals surface area contributed by atoms with Gasteiger partial charge in [-0.25, -0.2) is 4.39 Å². The van der Waals surface area contributed by atoms with Crippen molar-refractivity contribution < 1.29 is 9.50 Å². The summed E-state index contributed by atoms with van der Waals surface area (Å²) in [5, 5.41) is 12.0. The number of nitrogens with one attached hydrogen (secondary N) is 1. The predicted octanol–water partition coefficient (Wildman–Crippen LogP) is 3.36. The van der Waals surface area contributed by atoms with Gasteiger partial charge >= 0.3 is 0 Å². The molecule has 0 aliphatic rings. The molecule has 2 nitrogen and oxygen atoms in total. The van der Waals surface area contributed by atoms with Gasteiger partial charge in [-0.15, -0.1) is 11.6 Å². The lowest BCUT2D eigenvalue weighted by Crippen LogP contribution is -2.21. The van der Waals surface area contributed by atoms with Crippen LogP contribution in [0.3, 0.4) is 0 Å². The fourth-order valence-electron chi connectivity index (χ4n) is 0.986. The molecule has 0 fully saturated rings. The van der Waals surface area contributed by atoms with E-state index in [1.54, 1.807) is 6.07 Å². The van der Waals surface area contributed by atoms with Crippen LogP contribution in [0.4, 0.5) is 10.1 Å². The number of hydrogen-bond acceptors (Lipinski definition) is 2. The van der Waals surface area contributed by atoms with Gasteiger partial charge < -0.3 is 10.4 Å². The van der Waals surface area contributed by atoms with Gasteiger partial charge in [0.15, 0.2) is 0 Å². The summed E-state index contributed by atoms with van der Waals surface area (Å²) >= 11 is 11.8. The van der Waals surface area contributed by atoms with Crippen LogP contribution in [-0.4, -0.2) is 23.6 Å². The Hall–Kier alpha value is 0.160. The fraction of sp³-hybridized carbons (Fsp3) is 0.333. The Bertz CT molecular complexity index is 328. The Morgan fingerprint density at radius 1 is 1.47 bits per heavy atom. The predicted molar refractivity (Wildman–Crippen MR) is 67.0 cm³/mol. The highest BCUT2D eigenvalue weighted by Crippen LogP contribution is 2.29. The summed E-state index contributed by atoms with van der Waals surface area (Å²) in [6, 6.07) is 3.07. The normalized spacial score (nSPS) is 12.6. The van der Waals surface area contributed by atoms with Gasteiger partial charge in [-0.1, -0.05) is 15.9 Å². The van der Waals surface area contributed by atoms with E-state index in [1.165, 1.54) is 6.07 Å². The van der Waals surface area contributed by atoms with Crippen molar-refractivity contribution in [3.63, 3.8) is 0 Å². The average molecular weight is 361 g/mol. The lowest BCUT2D eigenvalue weighted by Gasteiger charge is -2.12. The van der Waals surface area contributed by atoms with Crippen LogP contribution in [0.2, 0.25) is 0 Å². The third-order valence-corrected chi connectivity index (χ3v) is 3.14. The van der Waals surface area contributed by atoms with E-state index in [4.69, 9.17) is 11.6 Å². The Morgan fingerprint density at radius 3 is 2.67 bits per heavy atom. The van der Waals surface area contributed by atoms with Crippen molar-refractivity contribution in [1.82, 2.24) is 0 Å². The molecule has 84 valence electrons. The van der Waals surface area contributed by atoms with Gasteiger partial charge in [0.1, 0.15) is 5.82 Å². The molecule has 0 saturated carbocycles. The highest BCUT2D eigenvalue weighted by atomic mass is 79.9. The van der Waals surface area contributed by atoms with Crippen molar-refractivity contribution in [2.24, 2.45) is 0 Å². The minimum Gasteiger partial charge on any atom is -0.390 e. The van der Waals surface area contributed by atoms with Crippen LogP contribution in [-0.2, 0) is 0 Å². The number of hydrogen-bond donors (Lipinski definition) is 2. The molecule has 0 heterocycles.